The van der Waals surface area contributed by atoms with Crippen molar-refractivity contribution in [1.82, 2.24) is 13.9 Å². The monoisotopic (exact) mass is 393 g/mol. The van der Waals surface area contributed by atoms with E-state index in [1.807, 2.05) is 11.5 Å². The van der Waals surface area contributed by atoms with Gasteiger partial charge in [-0.25, -0.2) is 13.4 Å². The van der Waals surface area contributed by atoms with E-state index in [1.54, 1.807) is 18.5 Å². The first-order chi connectivity index (χ1) is 12.9. The Morgan fingerprint density at radius 1 is 1.26 bits per heavy atom. The van der Waals surface area contributed by atoms with Gasteiger partial charge in [0.1, 0.15) is 11.8 Å². The Hall–Kier alpha value is -2.39. The van der Waals surface area contributed by atoms with E-state index in [4.69, 9.17) is 9.47 Å². The van der Waals surface area contributed by atoms with Crippen LogP contribution < -0.4 is 4.74 Å². The molecule has 1 aliphatic rings. The fourth-order valence-corrected chi connectivity index (χ4v) is 4.79. The molecule has 0 spiro atoms. The first kappa shape index (κ1) is 19.4. The number of methoxy groups -OCH3 is 2. The van der Waals surface area contributed by atoms with Gasteiger partial charge >= 0.3 is 5.97 Å². The predicted octanol–water partition coefficient (Wildman–Crippen LogP) is 1.59. The number of hydrogen-bond donors (Lipinski definition) is 0. The fourth-order valence-electron chi connectivity index (χ4n) is 3.25. The molecule has 0 amide bonds. The number of aromatic nitrogens is 2. The lowest BCUT2D eigenvalue weighted by atomic mass is 10.1. The van der Waals surface area contributed by atoms with Gasteiger partial charge in [0.15, 0.2) is 0 Å². The second-order valence-corrected chi connectivity index (χ2v) is 8.19. The molecule has 1 atom stereocenters. The van der Waals surface area contributed by atoms with Gasteiger partial charge in [-0.1, -0.05) is 6.92 Å². The number of carbonyl (C=O) groups excluding carboxylic acids is 1. The van der Waals surface area contributed by atoms with Crippen molar-refractivity contribution in [2.75, 3.05) is 14.2 Å². The first-order valence-corrected chi connectivity index (χ1v) is 10.1. The molecule has 0 N–H and O–H groups in total. The summed E-state index contributed by atoms with van der Waals surface area (Å²) in [6.07, 6.45) is 2.79. The van der Waals surface area contributed by atoms with E-state index in [2.05, 4.69) is 4.98 Å². The molecule has 1 aliphatic heterocycles. The summed E-state index contributed by atoms with van der Waals surface area (Å²) in [7, 11) is -1.14. The number of esters is 1. The van der Waals surface area contributed by atoms with Crippen LogP contribution in [0.2, 0.25) is 0 Å². The molecule has 0 fully saturated rings. The number of benzene rings is 1. The lowest BCUT2D eigenvalue weighted by Crippen LogP contribution is -2.49. The van der Waals surface area contributed by atoms with Gasteiger partial charge in [0.25, 0.3) is 0 Å². The van der Waals surface area contributed by atoms with Crippen molar-refractivity contribution in [3.63, 3.8) is 0 Å². The maximum Gasteiger partial charge on any atom is 0.324 e. The smallest absolute Gasteiger partial charge is 0.324 e. The molecular weight excluding hydrogens is 370 g/mol. The third kappa shape index (κ3) is 3.57. The van der Waals surface area contributed by atoms with Gasteiger partial charge in [-0.3, -0.25) is 4.79 Å². The van der Waals surface area contributed by atoms with Gasteiger partial charge in [-0.05, 0) is 30.7 Å². The number of sulfonamides is 1. The summed E-state index contributed by atoms with van der Waals surface area (Å²) >= 11 is 0. The molecule has 2 heterocycles. The average molecular weight is 393 g/mol. The Labute approximate surface area is 158 Å². The summed E-state index contributed by atoms with van der Waals surface area (Å²) in [6.45, 7) is 2.85. The molecule has 1 aromatic heterocycles. The van der Waals surface area contributed by atoms with Crippen LogP contribution in [-0.2, 0) is 39.1 Å². The standard InChI is InChI=1S/C18H23N3O5S/c1-4-9-20-12-19-15-10-16(18(22)26-3)21(11-17(15)20)27(23,24)14-7-5-13(25-2)6-8-14/h5-8,12,16H,4,9-11H2,1-3H3/t16-/m0/s1. The summed E-state index contributed by atoms with van der Waals surface area (Å²) in [4.78, 5) is 16.8. The van der Waals surface area contributed by atoms with Crippen molar-refractivity contribution in [2.45, 2.75) is 43.8 Å². The SMILES string of the molecule is CCCn1cnc2c1CN(S(=O)(=O)c1ccc(OC)cc1)[C@H](C(=O)OC)C2. The molecule has 3 rings (SSSR count). The van der Waals surface area contributed by atoms with Crippen molar-refractivity contribution in [3.05, 3.63) is 42.0 Å². The van der Waals surface area contributed by atoms with E-state index in [9.17, 15) is 13.2 Å². The van der Waals surface area contributed by atoms with Crippen LogP contribution in [0.3, 0.4) is 0 Å². The second-order valence-electron chi connectivity index (χ2n) is 6.30. The van der Waals surface area contributed by atoms with Crippen molar-refractivity contribution in [3.8, 4) is 5.75 Å². The van der Waals surface area contributed by atoms with Gasteiger partial charge in [0, 0.05) is 13.0 Å². The summed E-state index contributed by atoms with van der Waals surface area (Å²) in [6, 6.07) is 5.16. The fraction of sp³-hybridized carbons (Fsp3) is 0.444. The Morgan fingerprint density at radius 2 is 1.96 bits per heavy atom. The van der Waals surface area contributed by atoms with E-state index < -0.39 is 22.0 Å². The topological polar surface area (TPSA) is 90.7 Å². The van der Waals surface area contributed by atoms with Crippen molar-refractivity contribution < 1.29 is 22.7 Å². The highest BCUT2D eigenvalue weighted by Gasteiger charge is 2.42. The summed E-state index contributed by atoms with van der Waals surface area (Å²) < 4.78 is 39.6. The maximum absolute atomic E-state index is 13.3. The van der Waals surface area contributed by atoms with Crippen LogP contribution >= 0.6 is 0 Å². The van der Waals surface area contributed by atoms with Crippen LogP contribution in [0, 0.1) is 0 Å². The zero-order chi connectivity index (χ0) is 19.6. The Balaban J connectivity index is 2.03. The van der Waals surface area contributed by atoms with Gasteiger partial charge in [-0.15, -0.1) is 0 Å². The van der Waals surface area contributed by atoms with E-state index in [0.29, 0.717) is 5.75 Å². The Kier molecular flexibility index (Phi) is 5.52. The van der Waals surface area contributed by atoms with Crippen LogP contribution in [0.15, 0.2) is 35.5 Å². The molecule has 146 valence electrons. The van der Waals surface area contributed by atoms with E-state index in [0.717, 1.165) is 24.4 Å². The molecule has 0 radical (unpaired) electrons. The van der Waals surface area contributed by atoms with Crippen molar-refractivity contribution >= 4 is 16.0 Å². The highest BCUT2D eigenvalue weighted by atomic mass is 32.2. The van der Waals surface area contributed by atoms with Gasteiger partial charge in [0.05, 0.1) is 43.4 Å². The molecule has 0 unspecified atom stereocenters. The number of nitrogens with zero attached hydrogens (tertiary/aromatic N) is 3. The summed E-state index contributed by atoms with van der Waals surface area (Å²) in [5, 5.41) is 0. The van der Waals surface area contributed by atoms with Crippen LogP contribution in [0.5, 0.6) is 5.75 Å². The number of aryl methyl sites for hydroxylation is 1. The maximum atomic E-state index is 13.3. The average Bonchev–Trinajstić information content (AvgIpc) is 3.08. The summed E-state index contributed by atoms with van der Waals surface area (Å²) in [5.74, 6) is -0.0387. The minimum Gasteiger partial charge on any atom is -0.497 e. The lowest BCUT2D eigenvalue weighted by molar-refractivity contribution is -0.145. The molecule has 0 saturated heterocycles. The molecule has 9 heteroatoms. The molecule has 2 aromatic rings. The Bertz CT molecular complexity index is 921. The van der Waals surface area contributed by atoms with Crippen molar-refractivity contribution in [1.29, 1.82) is 0 Å². The quantitative estimate of drug-likeness (QED) is 0.692. The van der Waals surface area contributed by atoms with E-state index in [-0.39, 0.29) is 17.9 Å². The van der Waals surface area contributed by atoms with Crippen LogP contribution in [0.1, 0.15) is 24.7 Å². The lowest BCUT2D eigenvalue weighted by Gasteiger charge is -2.33. The van der Waals surface area contributed by atoms with Crippen LogP contribution in [0.25, 0.3) is 0 Å². The highest BCUT2D eigenvalue weighted by molar-refractivity contribution is 7.89. The van der Waals surface area contributed by atoms with Gasteiger partial charge in [0.2, 0.25) is 10.0 Å². The second kappa shape index (κ2) is 7.69. The molecule has 0 bridgehead atoms. The Morgan fingerprint density at radius 3 is 2.56 bits per heavy atom. The molecule has 27 heavy (non-hydrogen) atoms. The number of rotatable bonds is 6. The number of hydrogen-bond acceptors (Lipinski definition) is 6. The molecule has 1 aromatic carbocycles. The summed E-state index contributed by atoms with van der Waals surface area (Å²) in [5.41, 5.74) is 1.55. The minimum atomic E-state index is -3.91. The zero-order valence-electron chi connectivity index (χ0n) is 15.6. The normalized spacial score (nSPS) is 17.4. The first-order valence-electron chi connectivity index (χ1n) is 8.69. The van der Waals surface area contributed by atoms with E-state index in [1.165, 1.54) is 30.7 Å². The highest BCUT2D eigenvalue weighted by Crippen LogP contribution is 2.30. The predicted molar refractivity (Wildman–Crippen MR) is 97.7 cm³/mol. The number of carbonyl (C=O) groups is 1. The van der Waals surface area contributed by atoms with Crippen LogP contribution in [0.4, 0.5) is 0 Å². The molecule has 0 aliphatic carbocycles. The van der Waals surface area contributed by atoms with E-state index >= 15 is 0 Å². The third-order valence-electron chi connectivity index (χ3n) is 4.68. The van der Waals surface area contributed by atoms with Crippen LogP contribution in [-0.4, -0.2) is 48.5 Å². The molecule has 0 saturated carbocycles. The zero-order valence-corrected chi connectivity index (χ0v) is 16.4. The number of ether oxygens (including phenoxy) is 2. The number of imidazole rings is 1. The largest absolute Gasteiger partial charge is 0.497 e. The third-order valence-corrected chi connectivity index (χ3v) is 6.55. The van der Waals surface area contributed by atoms with Crippen molar-refractivity contribution in [2.24, 2.45) is 0 Å². The molecular formula is C18H23N3O5S. The van der Waals surface area contributed by atoms with Gasteiger partial charge in [-0.2, -0.15) is 4.31 Å². The van der Waals surface area contributed by atoms with Gasteiger partial charge < -0.3 is 14.0 Å². The minimum absolute atomic E-state index is 0.0729. The number of fused-ring (bicyclic) bond motifs is 1. The molecule has 8 nitrogen and oxygen atoms in total.